The molecule has 1 aliphatic carbocycles. The number of carbonyl (C=O) groups excluding carboxylic acids is 2. The first-order valence-electron chi connectivity index (χ1n) is 6.77. The summed E-state index contributed by atoms with van der Waals surface area (Å²) in [6.45, 7) is 1.71. The fraction of sp³-hybridized carbons (Fsp3) is 0.500. The standard InChI is InChI=1S/C14H18N2O4S/c1-8(14(19)20)7-16(2)13(18)10-5-6-11(21-10)15-12(17)9-3-4-9/h5-6,8-9H,3-4,7H2,1-2H3,(H,15,17)(H,19,20). The highest BCUT2D eigenvalue weighted by atomic mass is 32.1. The van der Waals surface area contributed by atoms with Gasteiger partial charge in [0, 0.05) is 19.5 Å². The molecule has 7 heteroatoms. The Morgan fingerprint density at radius 3 is 2.67 bits per heavy atom. The molecule has 0 saturated heterocycles. The SMILES string of the molecule is CC(CN(C)C(=O)c1ccc(NC(=O)C2CC2)s1)C(=O)O. The van der Waals surface area contributed by atoms with E-state index in [4.69, 9.17) is 5.11 Å². The Hall–Kier alpha value is -1.89. The second kappa shape index (κ2) is 6.26. The molecule has 0 radical (unpaired) electrons. The number of thiophene rings is 1. The Bertz CT molecular complexity index is 565. The molecule has 21 heavy (non-hydrogen) atoms. The second-order valence-electron chi connectivity index (χ2n) is 5.35. The van der Waals surface area contributed by atoms with E-state index < -0.39 is 11.9 Å². The third kappa shape index (κ3) is 4.04. The van der Waals surface area contributed by atoms with Gasteiger partial charge >= 0.3 is 5.97 Å². The van der Waals surface area contributed by atoms with Gasteiger partial charge in [-0.1, -0.05) is 6.92 Å². The monoisotopic (exact) mass is 310 g/mol. The van der Waals surface area contributed by atoms with Crippen molar-refractivity contribution in [3.8, 4) is 0 Å². The van der Waals surface area contributed by atoms with Gasteiger partial charge in [0.25, 0.3) is 5.91 Å². The van der Waals surface area contributed by atoms with E-state index in [9.17, 15) is 14.4 Å². The molecule has 1 saturated carbocycles. The fourth-order valence-corrected chi connectivity index (χ4v) is 2.75. The van der Waals surface area contributed by atoms with Gasteiger partial charge < -0.3 is 15.3 Å². The molecule has 114 valence electrons. The molecule has 0 spiro atoms. The normalized spacial score (nSPS) is 15.3. The minimum atomic E-state index is -0.932. The minimum Gasteiger partial charge on any atom is -0.481 e. The van der Waals surface area contributed by atoms with E-state index in [0.717, 1.165) is 12.8 Å². The zero-order chi connectivity index (χ0) is 15.6. The number of carboxylic acids is 1. The quantitative estimate of drug-likeness (QED) is 0.840. The average Bonchev–Trinajstić information content (AvgIpc) is 3.18. The molecule has 2 rings (SSSR count). The van der Waals surface area contributed by atoms with E-state index in [1.807, 2.05) is 0 Å². The molecule has 0 aromatic carbocycles. The smallest absolute Gasteiger partial charge is 0.308 e. The van der Waals surface area contributed by atoms with Crippen LogP contribution in [0.4, 0.5) is 5.00 Å². The molecule has 6 nitrogen and oxygen atoms in total. The van der Waals surface area contributed by atoms with E-state index in [2.05, 4.69) is 5.32 Å². The Labute approximate surface area is 126 Å². The molecule has 2 amide bonds. The maximum absolute atomic E-state index is 12.2. The lowest BCUT2D eigenvalue weighted by atomic mass is 10.2. The third-order valence-electron chi connectivity index (χ3n) is 3.33. The van der Waals surface area contributed by atoms with Crippen LogP contribution in [0.25, 0.3) is 0 Å². The minimum absolute atomic E-state index is 0.00343. The van der Waals surface area contributed by atoms with E-state index in [0.29, 0.717) is 9.88 Å². The molecule has 1 aliphatic rings. The Kier molecular flexibility index (Phi) is 4.62. The van der Waals surface area contributed by atoms with Crippen LogP contribution >= 0.6 is 11.3 Å². The van der Waals surface area contributed by atoms with Gasteiger partial charge in [-0.2, -0.15) is 0 Å². The van der Waals surface area contributed by atoms with Crippen LogP contribution in [0.3, 0.4) is 0 Å². The maximum Gasteiger partial charge on any atom is 0.308 e. The number of aliphatic carboxylic acids is 1. The lowest BCUT2D eigenvalue weighted by molar-refractivity contribution is -0.141. The third-order valence-corrected chi connectivity index (χ3v) is 4.32. The van der Waals surface area contributed by atoms with E-state index >= 15 is 0 Å². The van der Waals surface area contributed by atoms with Crippen molar-refractivity contribution in [3.05, 3.63) is 17.0 Å². The van der Waals surface area contributed by atoms with Crippen LogP contribution in [0, 0.1) is 11.8 Å². The molecule has 0 bridgehead atoms. The van der Waals surface area contributed by atoms with Crippen LogP contribution in [-0.4, -0.2) is 41.4 Å². The summed E-state index contributed by atoms with van der Waals surface area (Å²) >= 11 is 1.21. The highest BCUT2D eigenvalue weighted by Crippen LogP contribution is 2.31. The first-order chi connectivity index (χ1) is 9.88. The summed E-state index contributed by atoms with van der Waals surface area (Å²) < 4.78 is 0. The summed E-state index contributed by atoms with van der Waals surface area (Å²) in [5.74, 6) is -1.67. The van der Waals surface area contributed by atoms with Gasteiger partial charge in [-0.05, 0) is 25.0 Å². The lowest BCUT2D eigenvalue weighted by Crippen LogP contribution is -2.33. The van der Waals surface area contributed by atoms with Crippen molar-refractivity contribution < 1.29 is 19.5 Å². The van der Waals surface area contributed by atoms with Gasteiger partial charge in [0.1, 0.15) is 0 Å². The van der Waals surface area contributed by atoms with Crippen LogP contribution in [0.15, 0.2) is 12.1 Å². The lowest BCUT2D eigenvalue weighted by Gasteiger charge is -2.18. The number of anilines is 1. The molecule has 2 N–H and O–H groups in total. The first kappa shape index (κ1) is 15.5. The Morgan fingerprint density at radius 1 is 1.43 bits per heavy atom. The van der Waals surface area contributed by atoms with Crippen molar-refractivity contribution in [2.45, 2.75) is 19.8 Å². The largest absolute Gasteiger partial charge is 0.481 e. The van der Waals surface area contributed by atoms with Gasteiger partial charge in [0.2, 0.25) is 5.91 Å². The number of hydrogen-bond donors (Lipinski definition) is 2. The van der Waals surface area contributed by atoms with Crippen LogP contribution in [0.5, 0.6) is 0 Å². The van der Waals surface area contributed by atoms with E-state index in [1.54, 1.807) is 26.1 Å². The van der Waals surface area contributed by atoms with Gasteiger partial charge in [-0.25, -0.2) is 0 Å². The topological polar surface area (TPSA) is 86.7 Å². The predicted octanol–water partition coefficient (Wildman–Crippen LogP) is 1.89. The van der Waals surface area contributed by atoms with Gasteiger partial charge in [0.05, 0.1) is 15.8 Å². The van der Waals surface area contributed by atoms with E-state index in [1.165, 1.54) is 16.2 Å². The molecule has 1 aromatic heterocycles. The van der Waals surface area contributed by atoms with Crippen LogP contribution in [0.2, 0.25) is 0 Å². The summed E-state index contributed by atoms with van der Waals surface area (Å²) in [6.07, 6.45) is 1.86. The number of rotatable bonds is 6. The highest BCUT2D eigenvalue weighted by Gasteiger charge is 2.30. The van der Waals surface area contributed by atoms with Crippen molar-refractivity contribution in [1.29, 1.82) is 0 Å². The Balaban J connectivity index is 1.94. The number of amides is 2. The van der Waals surface area contributed by atoms with Crippen LogP contribution in [0.1, 0.15) is 29.4 Å². The number of nitrogens with zero attached hydrogens (tertiary/aromatic N) is 1. The summed E-state index contributed by atoms with van der Waals surface area (Å²) in [7, 11) is 1.57. The molecular formula is C14H18N2O4S. The summed E-state index contributed by atoms with van der Waals surface area (Å²) in [4.78, 5) is 36.5. The molecule has 1 atom stereocenters. The number of nitrogens with one attached hydrogen (secondary N) is 1. The van der Waals surface area contributed by atoms with Crippen LogP contribution < -0.4 is 5.32 Å². The highest BCUT2D eigenvalue weighted by molar-refractivity contribution is 7.18. The van der Waals surface area contributed by atoms with Crippen molar-refractivity contribution in [1.82, 2.24) is 4.90 Å². The van der Waals surface area contributed by atoms with Gasteiger partial charge in [-0.3, -0.25) is 14.4 Å². The van der Waals surface area contributed by atoms with E-state index in [-0.39, 0.29) is 24.3 Å². The fourth-order valence-electron chi connectivity index (χ4n) is 1.85. The summed E-state index contributed by atoms with van der Waals surface area (Å²) in [5, 5.41) is 12.3. The molecule has 1 aromatic rings. The van der Waals surface area contributed by atoms with Gasteiger partial charge in [-0.15, -0.1) is 11.3 Å². The molecule has 1 fully saturated rings. The van der Waals surface area contributed by atoms with Crippen molar-refractivity contribution >= 4 is 34.1 Å². The van der Waals surface area contributed by atoms with Crippen LogP contribution in [-0.2, 0) is 9.59 Å². The molecule has 1 unspecified atom stereocenters. The zero-order valence-corrected chi connectivity index (χ0v) is 12.8. The molecule has 1 heterocycles. The molecular weight excluding hydrogens is 292 g/mol. The zero-order valence-electron chi connectivity index (χ0n) is 12.0. The first-order valence-corrected chi connectivity index (χ1v) is 7.59. The van der Waals surface area contributed by atoms with Gasteiger partial charge in [0.15, 0.2) is 0 Å². The van der Waals surface area contributed by atoms with Crippen molar-refractivity contribution in [2.75, 3.05) is 18.9 Å². The number of carboxylic acid groups (broad SMARTS) is 1. The summed E-state index contributed by atoms with van der Waals surface area (Å²) in [6, 6.07) is 3.35. The maximum atomic E-state index is 12.2. The summed E-state index contributed by atoms with van der Waals surface area (Å²) in [5.41, 5.74) is 0. The predicted molar refractivity (Wildman–Crippen MR) is 79.4 cm³/mol. The molecule has 0 aliphatic heterocycles. The average molecular weight is 310 g/mol. The second-order valence-corrected chi connectivity index (χ2v) is 6.44. The number of hydrogen-bond acceptors (Lipinski definition) is 4. The van der Waals surface area contributed by atoms with Crippen molar-refractivity contribution in [3.63, 3.8) is 0 Å². The number of carbonyl (C=O) groups is 3. The van der Waals surface area contributed by atoms with Crippen molar-refractivity contribution in [2.24, 2.45) is 11.8 Å². The Morgan fingerprint density at radius 2 is 2.10 bits per heavy atom.